The smallest absolute Gasteiger partial charge is 0.261 e. The van der Waals surface area contributed by atoms with E-state index in [1.165, 1.54) is 0 Å². The maximum atomic E-state index is 13.3. The van der Waals surface area contributed by atoms with Crippen molar-refractivity contribution in [1.82, 2.24) is 10.2 Å². The summed E-state index contributed by atoms with van der Waals surface area (Å²) in [6.45, 7) is 0.126. The molecule has 0 aromatic heterocycles. The number of halogens is 2. The largest absolute Gasteiger partial charge is 0.484 e. The SMILES string of the molecule is CNC(=O)[C@H](Cc1ccccc1)N(Cc1ccc(Br)cc1)C(=O)COc1ccc(Br)cc1. The number of nitrogens with one attached hydrogen (secondary N) is 1. The number of likely N-dealkylation sites (N-methyl/N-ethyl adjacent to an activating group) is 1. The Hall–Kier alpha value is -2.64. The molecule has 1 N–H and O–H groups in total. The van der Waals surface area contributed by atoms with Crippen molar-refractivity contribution in [2.24, 2.45) is 0 Å². The fourth-order valence-electron chi connectivity index (χ4n) is 3.27. The summed E-state index contributed by atoms with van der Waals surface area (Å²) in [6.07, 6.45) is 0.404. The van der Waals surface area contributed by atoms with Gasteiger partial charge in [0.2, 0.25) is 5.91 Å². The zero-order valence-electron chi connectivity index (χ0n) is 17.6. The summed E-state index contributed by atoms with van der Waals surface area (Å²) < 4.78 is 7.60. The quantitative estimate of drug-likeness (QED) is 0.402. The summed E-state index contributed by atoms with van der Waals surface area (Å²) in [5, 5.41) is 2.71. The van der Waals surface area contributed by atoms with Gasteiger partial charge in [-0.2, -0.15) is 0 Å². The third kappa shape index (κ3) is 6.93. The minimum Gasteiger partial charge on any atom is -0.484 e. The van der Waals surface area contributed by atoms with E-state index >= 15 is 0 Å². The predicted molar refractivity (Wildman–Crippen MR) is 132 cm³/mol. The molecule has 0 spiro atoms. The Kier molecular flexibility index (Phi) is 8.88. The van der Waals surface area contributed by atoms with Gasteiger partial charge in [-0.3, -0.25) is 9.59 Å². The molecule has 166 valence electrons. The molecule has 5 nitrogen and oxygen atoms in total. The monoisotopic (exact) mass is 558 g/mol. The topological polar surface area (TPSA) is 58.6 Å². The van der Waals surface area contributed by atoms with Crippen molar-refractivity contribution in [3.63, 3.8) is 0 Å². The van der Waals surface area contributed by atoms with Gasteiger partial charge >= 0.3 is 0 Å². The van der Waals surface area contributed by atoms with Crippen molar-refractivity contribution >= 4 is 43.7 Å². The highest BCUT2D eigenvalue weighted by Gasteiger charge is 2.30. The minimum atomic E-state index is -0.674. The molecular weight excluding hydrogens is 536 g/mol. The van der Waals surface area contributed by atoms with Gasteiger partial charge in [-0.1, -0.05) is 74.3 Å². The van der Waals surface area contributed by atoms with E-state index in [9.17, 15) is 9.59 Å². The number of hydrogen-bond acceptors (Lipinski definition) is 3. The standard InChI is InChI=1S/C25H24Br2N2O3/c1-28-25(31)23(15-18-5-3-2-4-6-18)29(16-19-7-9-20(26)10-8-19)24(30)17-32-22-13-11-21(27)12-14-22/h2-14,23H,15-17H2,1H3,(H,28,31)/t23-/m0/s1. The van der Waals surface area contributed by atoms with Gasteiger partial charge in [0.15, 0.2) is 6.61 Å². The minimum absolute atomic E-state index is 0.166. The van der Waals surface area contributed by atoms with E-state index in [1.807, 2.05) is 66.7 Å². The van der Waals surface area contributed by atoms with Crippen LogP contribution in [0.5, 0.6) is 5.75 Å². The average Bonchev–Trinajstić information content (AvgIpc) is 2.82. The van der Waals surface area contributed by atoms with Crippen LogP contribution in [-0.4, -0.2) is 36.4 Å². The number of hydrogen-bond donors (Lipinski definition) is 1. The van der Waals surface area contributed by atoms with Gasteiger partial charge in [0, 0.05) is 29.0 Å². The van der Waals surface area contributed by atoms with Crippen molar-refractivity contribution < 1.29 is 14.3 Å². The fraction of sp³-hybridized carbons (Fsp3) is 0.200. The highest BCUT2D eigenvalue weighted by molar-refractivity contribution is 9.10. The molecule has 0 saturated carbocycles. The molecule has 3 aromatic carbocycles. The Morgan fingerprint density at radius 2 is 1.47 bits per heavy atom. The van der Waals surface area contributed by atoms with E-state index in [4.69, 9.17) is 4.74 Å². The first-order valence-corrected chi connectivity index (χ1v) is 11.7. The van der Waals surface area contributed by atoms with E-state index in [1.54, 1.807) is 24.1 Å². The Labute approximate surface area is 205 Å². The number of rotatable bonds is 9. The first kappa shape index (κ1) is 24.0. The van der Waals surface area contributed by atoms with E-state index in [-0.39, 0.29) is 18.4 Å². The molecule has 0 fully saturated rings. The molecule has 32 heavy (non-hydrogen) atoms. The van der Waals surface area contributed by atoms with Crippen LogP contribution in [0.3, 0.4) is 0 Å². The third-order valence-corrected chi connectivity index (χ3v) is 6.02. The molecule has 3 rings (SSSR count). The lowest BCUT2D eigenvalue weighted by Crippen LogP contribution is -2.51. The molecular formula is C25H24Br2N2O3. The predicted octanol–water partition coefficient (Wildman–Crippen LogP) is 4.98. The van der Waals surface area contributed by atoms with E-state index in [2.05, 4.69) is 37.2 Å². The van der Waals surface area contributed by atoms with Gasteiger partial charge in [-0.15, -0.1) is 0 Å². The van der Waals surface area contributed by atoms with Crippen molar-refractivity contribution in [3.05, 3.63) is 98.9 Å². The first-order valence-electron chi connectivity index (χ1n) is 10.1. The Morgan fingerprint density at radius 3 is 2.06 bits per heavy atom. The second kappa shape index (κ2) is 11.8. The van der Waals surface area contributed by atoms with Gasteiger partial charge in [-0.25, -0.2) is 0 Å². The summed E-state index contributed by atoms with van der Waals surface area (Å²) in [5.41, 5.74) is 1.90. The third-order valence-electron chi connectivity index (χ3n) is 4.96. The van der Waals surface area contributed by atoms with Gasteiger partial charge in [0.1, 0.15) is 11.8 Å². The molecule has 7 heteroatoms. The molecule has 0 saturated heterocycles. The van der Waals surface area contributed by atoms with Crippen molar-refractivity contribution in [3.8, 4) is 5.75 Å². The molecule has 0 radical (unpaired) electrons. The number of ether oxygens (including phenoxy) is 1. The summed E-state index contributed by atoms with van der Waals surface area (Å²) >= 11 is 6.82. The van der Waals surface area contributed by atoms with Crippen molar-refractivity contribution in [2.45, 2.75) is 19.0 Å². The molecule has 0 aliphatic heterocycles. The van der Waals surface area contributed by atoms with E-state index in [0.717, 1.165) is 20.1 Å². The van der Waals surface area contributed by atoms with Crippen LogP contribution < -0.4 is 10.1 Å². The number of benzene rings is 3. The number of carbonyl (C=O) groups excluding carboxylic acids is 2. The van der Waals surface area contributed by atoms with Crippen LogP contribution in [0.15, 0.2) is 87.8 Å². The Balaban J connectivity index is 1.85. The fourth-order valence-corrected chi connectivity index (χ4v) is 3.79. The molecule has 0 aliphatic carbocycles. The lowest BCUT2D eigenvalue weighted by molar-refractivity contribution is -0.142. The first-order chi connectivity index (χ1) is 15.5. The molecule has 0 aliphatic rings. The number of carbonyl (C=O) groups is 2. The van der Waals surface area contributed by atoms with Gasteiger partial charge < -0.3 is 15.0 Å². The summed E-state index contributed by atoms with van der Waals surface area (Å²) in [4.78, 5) is 27.8. The number of amides is 2. The Morgan fingerprint density at radius 1 is 0.875 bits per heavy atom. The number of nitrogens with zero attached hydrogens (tertiary/aromatic N) is 1. The molecule has 3 aromatic rings. The lowest BCUT2D eigenvalue weighted by atomic mass is 10.0. The van der Waals surface area contributed by atoms with Gasteiger partial charge in [0.05, 0.1) is 0 Å². The normalized spacial score (nSPS) is 11.5. The molecule has 0 unspecified atom stereocenters. The van der Waals surface area contributed by atoms with Crippen LogP contribution in [0.2, 0.25) is 0 Å². The molecule has 0 bridgehead atoms. The molecule has 2 amide bonds. The second-order valence-corrected chi connectivity index (χ2v) is 9.04. The van der Waals surface area contributed by atoms with Gasteiger partial charge in [0.25, 0.3) is 5.91 Å². The van der Waals surface area contributed by atoms with Crippen LogP contribution in [0.25, 0.3) is 0 Å². The highest BCUT2D eigenvalue weighted by Crippen LogP contribution is 2.19. The van der Waals surface area contributed by atoms with Crippen LogP contribution in [0.4, 0.5) is 0 Å². The van der Waals surface area contributed by atoms with Crippen LogP contribution >= 0.6 is 31.9 Å². The second-order valence-electron chi connectivity index (χ2n) is 7.21. The lowest BCUT2D eigenvalue weighted by Gasteiger charge is -2.31. The maximum Gasteiger partial charge on any atom is 0.261 e. The zero-order valence-corrected chi connectivity index (χ0v) is 20.8. The highest BCUT2D eigenvalue weighted by atomic mass is 79.9. The maximum absolute atomic E-state index is 13.3. The Bertz CT molecular complexity index is 1030. The zero-order chi connectivity index (χ0) is 22.9. The average molecular weight is 560 g/mol. The van der Waals surface area contributed by atoms with E-state index in [0.29, 0.717) is 18.7 Å². The van der Waals surface area contributed by atoms with Gasteiger partial charge in [-0.05, 0) is 47.5 Å². The van der Waals surface area contributed by atoms with Crippen LogP contribution in [0, 0.1) is 0 Å². The summed E-state index contributed by atoms with van der Waals surface area (Å²) in [5.74, 6) is 0.105. The molecule has 0 heterocycles. The van der Waals surface area contributed by atoms with Crippen LogP contribution in [-0.2, 0) is 22.6 Å². The van der Waals surface area contributed by atoms with Crippen LogP contribution in [0.1, 0.15) is 11.1 Å². The summed E-state index contributed by atoms with van der Waals surface area (Å²) in [7, 11) is 1.58. The molecule has 1 atom stereocenters. The van der Waals surface area contributed by atoms with Crippen molar-refractivity contribution in [2.75, 3.05) is 13.7 Å². The summed E-state index contributed by atoms with van der Waals surface area (Å²) in [6, 6.07) is 24.0. The van der Waals surface area contributed by atoms with Crippen molar-refractivity contribution in [1.29, 1.82) is 0 Å². The van der Waals surface area contributed by atoms with E-state index < -0.39 is 6.04 Å².